The van der Waals surface area contributed by atoms with Gasteiger partial charge in [0.2, 0.25) is 0 Å². The van der Waals surface area contributed by atoms with Crippen LogP contribution in [0.1, 0.15) is 5.56 Å². The van der Waals surface area contributed by atoms with Crippen LogP contribution in [-0.2, 0) is 6.54 Å². The molecule has 0 aliphatic rings. The number of fused-ring (bicyclic) bond motifs is 1. The molecule has 0 aliphatic heterocycles. The predicted molar refractivity (Wildman–Crippen MR) is 78.8 cm³/mol. The predicted octanol–water partition coefficient (Wildman–Crippen LogP) is 3.40. The second-order valence-corrected chi connectivity index (χ2v) is 4.94. The lowest BCUT2D eigenvalue weighted by atomic mass is 10.2. The van der Waals surface area contributed by atoms with Crippen LogP contribution in [0.2, 0.25) is 0 Å². The van der Waals surface area contributed by atoms with Crippen LogP contribution in [-0.4, -0.2) is 15.0 Å². The van der Waals surface area contributed by atoms with Crippen molar-refractivity contribution in [2.45, 2.75) is 6.54 Å². The Labute approximate surface area is 119 Å². The number of benzene rings is 1. The van der Waals surface area contributed by atoms with Crippen LogP contribution in [0.25, 0.3) is 11.0 Å². The Morgan fingerprint density at radius 3 is 2.68 bits per heavy atom. The highest BCUT2D eigenvalue weighted by Crippen LogP contribution is 2.21. The molecule has 0 aliphatic carbocycles. The first kappa shape index (κ1) is 12.0. The largest absolute Gasteiger partial charge is 0.379 e. The van der Waals surface area contributed by atoms with E-state index in [1.165, 1.54) is 0 Å². The zero-order valence-electron chi connectivity index (χ0n) is 10.0. The minimum Gasteiger partial charge on any atom is -0.379 e. The molecule has 0 bridgehead atoms. The number of hydrogen-bond acceptors (Lipinski definition) is 4. The molecule has 5 heteroatoms. The number of hydrogen-bond donors (Lipinski definition) is 1. The molecule has 4 nitrogen and oxygen atoms in total. The topological polar surface area (TPSA) is 50.7 Å². The van der Waals surface area contributed by atoms with Gasteiger partial charge in [-0.05, 0) is 39.7 Å². The normalized spacial score (nSPS) is 10.6. The second kappa shape index (κ2) is 5.32. The monoisotopic (exact) mass is 314 g/mol. The van der Waals surface area contributed by atoms with Crippen molar-refractivity contribution in [2.24, 2.45) is 0 Å². The lowest BCUT2D eigenvalue weighted by Crippen LogP contribution is -2.00. The van der Waals surface area contributed by atoms with Crippen molar-refractivity contribution in [3.8, 4) is 0 Å². The van der Waals surface area contributed by atoms with Gasteiger partial charge in [-0.1, -0.05) is 6.07 Å². The molecule has 1 N–H and O–H groups in total. The Bertz CT molecular complexity index is 714. The molecule has 0 unspecified atom stereocenters. The molecule has 2 heterocycles. The summed E-state index contributed by atoms with van der Waals surface area (Å²) in [6.07, 6.45) is 6.95. The van der Waals surface area contributed by atoms with Gasteiger partial charge in [0.1, 0.15) is 0 Å². The fourth-order valence-electron chi connectivity index (χ4n) is 1.82. The van der Waals surface area contributed by atoms with Crippen LogP contribution in [0, 0.1) is 0 Å². The van der Waals surface area contributed by atoms with Crippen LogP contribution in [0.5, 0.6) is 0 Å². The Hall–Kier alpha value is -2.01. The van der Waals surface area contributed by atoms with Gasteiger partial charge in [0.25, 0.3) is 0 Å². The van der Waals surface area contributed by atoms with Gasteiger partial charge in [-0.25, -0.2) is 0 Å². The highest BCUT2D eigenvalue weighted by atomic mass is 79.9. The van der Waals surface area contributed by atoms with Crippen molar-refractivity contribution in [1.29, 1.82) is 0 Å². The molecule has 0 spiro atoms. The number of nitrogens with one attached hydrogen (secondary N) is 1. The van der Waals surface area contributed by atoms with Crippen molar-refractivity contribution in [1.82, 2.24) is 15.0 Å². The van der Waals surface area contributed by atoms with Crippen LogP contribution >= 0.6 is 15.9 Å². The van der Waals surface area contributed by atoms with Gasteiger partial charge in [-0.3, -0.25) is 15.0 Å². The van der Waals surface area contributed by atoms with Crippen molar-refractivity contribution < 1.29 is 0 Å². The van der Waals surface area contributed by atoms with Gasteiger partial charge >= 0.3 is 0 Å². The average Bonchev–Trinajstić information content (AvgIpc) is 2.46. The summed E-state index contributed by atoms with van der Waals surface area (Å²) in [5, 5.41) is 3.34. The smallest absolute Gasteiger partial charge is 0.0890 e. The number of anilines is 1. The third-order valence-electron chi connectivity index (χ3n) is 2.78. The highest BCUT2D eigenvalue weighted by Gasteiger charge is 2.01. The van der Waals surface area contributed by atoms with Crippen molar-refractivity contribution in [3.63, 3.8) is 0 Å². The molecule has 19 heavy (non-hydrogen) atoms. The van der Waals surface area contributed by atoms with Crippen molar-refractivity contribution >= 4 is 32.7 Å². The number of pyridine rings is 1. The van der Waals surface area contributed by atoms with E-state index in [9.17, 15) is 0 Å². The van der Waals surface area contributed by atoms with Crippen molar-refractivity contribution in [3.05, 3.63) is 59.1 Å². The third-order valence-corrected chi connectivity index (χ3v) is 3.48. The summed E-state index contributed by atoms with van der Waals surface area (Å²) in [6, 6.07) is 7.99. The Balaban J connectivity index is 1.80. The molecule has 0 radical (unpaired) electrons. The summed E-state index contributed by atoms with van der Waals surface area (Å²) in [6.45, 7) is 0.719. The Morgan fingerprint density at radius 2 is 1.84 bits per heavy atom. The number of nitrogens with zero attached hydrogens (tertiary/aromatic N) is 3. The first-order chi connectivity index (χ1) is 9.33. The van der Waals surface area contributed by atoms with E-state index in [-0.39, 0.29) is 0 Å². The minimum absolute atomic E-state index is 0.719. The molecule has 3 rings (SSSR count). The molecule has 0 saturated carbocycles. The zero-order valence-corrected chi connectivity index (χ0v) is 11.6. The van der Waals surface area contributed by atoms with Crippen LogP contribution in [0.3, 0.4) is 0 Å². The summed E-state index contributed by atoms with van der Waals surface area (Å²) < 4.78 is 1.00. The molecule has 0 fully saturated rings. The van der Waals surface area contributed by atoms with Gasteiger partial charge in [0.15, 0.2) is 0 Å². The highest BCUT2D eigenvalue weighted by molar-refractivity contribution is 9.10. The SMILES string of the molecule is Brc1ccncc1NCc1ccc2nccnc2c1. The number of halogens is 1. The van der Waals surface area contributed by atoms with E-state index < -0.39 is 0 Å². The Morgan fingerprint density at radius 1 is 1.00 bits per heavy atom. The molecule has 3 aromatic rings. The fraction of sp³-hybridized carbons (Fsp3) is 0.0714. The summed E-state index contributed by atoms with van der Waals surface area (Å²) in [5.74, 6) is 0. The molecule has 0 saturated heterocycles. The van der Waals surface area contributed by atoms with Crippen LogP contribution in [0.15, 0.2) is 53.5 Å². The standard InChI is InChI=1S/C14H11BrN4/c15-11-3-4-16-9-14(11)19-8-10-1-2-12-13(7-10)18-6-5-17-12/h1-7,9,19H,8H2. The number of rotatable bonds is 3. The van der Waals surface area contributed by atoms with Crippen molar-refractivity contribution in [2.75, 3.05) is 5.32 Å². The molecule has 1 aromatic carbocycles. The maximum Gasteiger partial charge on any atom is 0.0890 e. The first-order valence-electron chi connectivity index (χ1n) is 5.86. The molecule has 0 atom stereocenters. The minimum atomic E-state index is 0.719. The van der Waals surface area contributed by atoms with E-state index in [1.807, 2.05) is 24.3 Å². The van der Waals surface area contributed by atoms with Gasteiger partial charge in [0, 0.05) is 29.6 Å². The maximum atomic E-state index is 4.30. The lowest BCUT2D eigenvalue weighted by Gasteiger charge is -2.08. The van der Waals surface area contributed by atoms with E-state index in [1.54, 1.807) is 24.8 Å². The fourth-order valence-corrected chi connectivity index (χ4v) is 2.18. The summed E-state index contributed by atoms with van der Waals surface area (Å²) in [5.41, 5.74) is 3.95. The zero-order chi connectivity index (χ0) is 13.1. The van der Waals surface area contributed by atoms with E-state index in [2.05, 4.69) is 36.2 Å². The number of aromatic nitrogens is 3. The molecule has 2 aromatic heterocycles. The van der Waals surface area contributed by atoms with Gasteiger partial charge in [-0.15, -0.1) is 0 Å². The van der Waals surface area contributed by atoms with E-state index in [0.717, 1.165) is 33.3 Å². The van der Waals surface area contributed by atoms with E-state index >= 15 is 0 Å². The first-order valence-corrected chi connectivity index (χ1v) is 6.65. The molecular weight excluding hydrogens is 304 g/mol. The molecule has 0 amide bonds. The maximum absolute atomic E-state index is 4.30. The lowest BCUT2D eigenvalue weighted by molar-refractivity contribution is 1.13. The van der Waals surface area contributed by atoms with Crippen LogP contribution in [0.4, 0.5) is 5.69 Å². The summed E-state index contributed by atoms with van der Waals surface area (Å²) in [4.78, 5) is 12.6. The van der Waals surface area contributed by atoms with Gasteiger partial charge in [-0.2, -0.15) is 0 Å². The third kappa shape index (κ3) is 2.71. The van der Waals surface area contributed by atoms with Gasteiger partial charge in [0.05, 0.1) is 22.9 Å². The quantitative estimate of drug-likeness (QED) is 0.805. The molecule has 94 valence electrons. The second-order valence-electron chi connectivity index (χ2n) is 4.09. The Kier molecular flexibility index (Phi) is 3.37. The average molecular weight is 315 g/mol. The molecular formula is C14H11BrN4. The van der Waals surface area contributed by atoms with E-state index in [0.29, 0.717) is 0 Å². The van der Waals surface area contributed by atoms with Gasteiger partial charge < -0.3 is 5.32 Å². The summed E-state index contributed by atoms with van der Waals surface area (Å²) >= 11 is 3.48. The summed E-state index contributed by atoms with van der Waals surface area (Å²) in [7, 11) is 0. The van der Waals surface area contributed by atoms with Crippen LogP contribution < -0.4 is 5.32 Å². The van der Waals surface area contributed by atoms with E-state index in [4.69, 9.17) is 0 Å².